The third kappa shape index (κ3) is 3.87. The molecule has 0 fully saturated rings. The molecular weight excluding hydrogens is 324 g/mol. The monoisotopic (exact) mass is 339 g/mol. The molecule has 0 spiro atoms. The normalized spacial score (nSPS) is 14.1. The molecule has 20 heavy (non-hydrogen) atoms. The van der Waals surface area contributed by atoms with E-state index in [-0.39, 0.29) is 23.6 Å². The first-order valence-corrected chi connectivity index (χ1v) is 7.21. The van der Waals surface area contributed by atoms with Gasteiger partial charge in [-0.15, -0.1) is 0 Å². The minimum atomic E-state index is -0.292. The van der Waals surface area contributed by atoms with E-state index < -0.39 is 0 Å². The molecule has 0 aromatic heterocycles. The summed E-state index contributed by atoms with van der Waals surface area (Å²) in [6.07, 6.45) is 0.647. The molecule has 0 aliphatic carbocycles. The highest BCUT2D eigenvalue weighted by molar-refractivity contribution is 9.10. The van der Waals surface area contributed by atoms with Crippen molar-refractivity contribution in [2.24, 2.45) is 5.73 Å². The zero-order valence-electron chi connectivity index (χ0n) is 11.1. The van der Waals surface area contributed by atoms with Crippen LogP contribution in [-0.4, -0.2) is 6.04 Å². The molecule has 2 aromatic rings. The van der Waals surface area contributed by atoms with Crippen LogP contribution in [0.1, 0.15) is 24.0 Å². The molecule has 2 N–H and O–H groups in total. The van der Waals surface area contributed by atoms with E-state index in [1.54, 1.807) is 12.1 Å². The van der Waals surface area contributed by atoms with Gasteiger partial charge in [0.1, 0.15) is 11.6 Å². The molecule has 2 unspecified atom stereocenters. The van der Waals surface area contributed by atoms with Crippen molar-refractivity contribution in [2.45, 2.75) is 25.3 Å². The van der Waals surface area contributed by atoms with Gasteiger partial charge in [-0.2, -0.15) is 0 Å². The van der Waals surface area contributed by atoms with E-state index in [9.17, 15) is 8.78 Å². The Balaban J connectivity index is 2.29. The Morgan fingerprint density at radius 2 is 1.70 bits per heavy atom. The Bertz CT molecular complexity index is 561. The van der Waals surface area contributed by atoms with Gasteiger partial charge in [0.05, 0.1) is 0 Å². The van der Waals surface area contributed by atoms with Crippen LogP contribution in [0.3, 0.4) is 0 Å². The molecule has 0 saturated heterocycles. The first-order valence-electron chi connectivity index (χ1n) is 6.41. The standard InChI is InChI=1S/C16H16BrF2N/c1-10(20)16(6-11-2-4-14(18)5-3-11)12-7-13(17)9-15(19)8-12/h2-5,7-10,16H,6,20H2,1H3. The van der Waals surface area contributed by atoms with Gasteiger partial charge in [0.15, 0.2) is 0 Å². The molecule has 4 heteroatoms. The van der Waals surface area contributed by atoms with Crippen molar-refractivity contribution in [3.8, 4) is 0 Å². The highest BCUT2D eigenvalue weighted by atomic mass is 79.9. The lowest BCUT2D eigenvalue weighted by atomic mass is 9.87. The summed E-state index contributed by atoms with van der Waals surface area (Å²) in [4.78, 5) is 0. The molecule has 1 nitrogen and oxygen atoms in total. The summed E-state index contributed by atoms with van der Waals surface area (Å²) in [5.41, 5.74) is 7.86. The van der Waals surface area contributed by atoms with Crippen LogP contribution in [0.5, 0.6) is 0 Å². The Labute approximate surface area is 125 Å². The summed E-state index contributed by atoms with van der Waals surface area (Å²) in [6.45, 7) is 1.90. The average molecular weight is 340 g/mol. The fraction of sp³-hybridized carbons (Fsp3) is 0.250. The number of hydrogen-bond acceptors (Lipinski definition) is 1. The Morgan fingerprint density at radius 1 is 1.05 bits per heavy atom. The van der Waals surface area contributed by atoms with E-state index in [2.05, 4.69) is 15.9 Å². The quantitative estimate of drug-likeness (QED) is 0.877. The number of hydrogen-bond donors (Lipinski definition) is 1. The zero-order valence-corrected chi connectivity index (χ0v) is 12.7. The van der Waals surface area contributed by atoms with Crippen LogP contribution in [0.4, 0.5) is 8.78 Å². The topological polar surface area (TPSA) is 26.0 Å². The predicted molar refractivity (Wildman–Crippen MR) is 80.6 cm³/mol. The van der Waals surface area contributed by atoms with Crippen LogP contribution in [0, 0.1) is 11.6 Å². The first kappa shape index (κ1) is 15.1. The van der Waals surface area contributed by atoms with Gasteiger partial charge in [-0.05, 0) is 54.8 Å². The maximum atomic E-state index is 13.5. The van der Waals surface area contributed by atoms with Gasteiger partial charge in [-0.1, -0.05) is 28.1 Å². The summed E-state index contributed by atoms with van der Waals surface area (Å²) in [5, 5.41) is 0. The van der Waals surface area contributed by atoms with Crippen molar-refractivity contribution < 1.29 is 8.78 Å². The van der Waals surface area contributed by atoms with Gasteiger partial charge < -0.3 is 5.73 Å². The SMILES string of the molecule is CC(N)C(Cc1ccc(F)cc1)c1cc(F)cc(Br)c1. The van der Waals surface area contributed by atoms with Crippen molar-refractivity contribution in [1.82, 2.24) is 0 Å². The first-order chi connectivity index (χ1) is 9.45. The third-order valence-electron chi connectivity index (χ3n) is 3.32. The lowest BCUT2D eigenvalue weighted by Crippen LogP contribution is -2.26. The maximum absolute atomic E-state index is 13.5. The molecule has 0 saturated carbocycles. The van der Waals surface area contributed by atoms with Gasteiger partial charge in [0.25, 0.3) is 0 Å². The Hall–Kier alpha value is -1.26. The van der Waals surface area contributed by atoms with Crippen molar-refractivity contribution in [3.05, 3.63) is 69.7 Å². The summed E-state index contributed by atoms with van der Waals surface area (Å²) in [6, 6.07) is 11.0. The van der Waals surface area contributed by atoms with Crippen molar-refractivity contribution in [2.75, 3.05) is 0 Å². The Morgan fingerprint density at radius 3 is 2.25 bits per heavy atom. The lowest BCUT2D eigenvalue weighted by Gasteiger charge is -2.22. The average Bonchev–Trinajstić information content (AvgIpc) is 2.36. The van der Waals surface area contributed by atoms with Gasteiger partial charge in [0.2, 0.25) is 0 Å². The minimum absolute atomic E-state index is 0.0209. The molecule has 106 valence electrons. The van der Waals surface area contributed by atoms with Gasteiger partial charge in [-0.25, -0.2) is 8.78 Å². The molecular formula is C16H16BrF2N. The van der Waals surface area contributed by atoms with Crippen LogP contribution < -0.4 is 5.73 Å². The molecule has 0 heterocycles. The maximum Gasteiger partial charge on any atom is 0.124 e. The van der Waals surface area contributed by atoms with Gasteiger partial charge >= 0.3 is 0 Å². The van der Waals surface area contributed by atoms with E-state index in [0.717, 1.165) is 11.1 Å². The van der Waals surface area contributed by atoms with Crippen molar-refractivity contribution in [1.29, 1.82) is 0 Å². The highest BCUT2D eigenvalue weighted by Gasteiger charge is 2.18. The van der Waals surface area contributed by atoms with Crippen LogP contribution in [0.15, 0.2) is 46.9 Å². The van der Waals surface area contributed by atoms with Crippen LogP contribution in [0.25, 0.3) is 0 Å². The van der Waals surface area contributed by atoms with Crippen LogP contribution >= 0.6 is 15.9 Å². The fourth-order valence-electron chi connectivity index (χ4n) is 2.27. The predicted octanol–water partition coefficient (Wildman–Crippen LogP) is 4.40. The number of benzene rings is 2. The van der Waals surface area contributed by atoms with Gasteiger partial charge in [0, 0.05) is 16.4 Å². The summed E-state index contributed by atoms with van der Waals surface area (Å²) < 4.78 is 27.1. The second-order valence-corrected chi connectivity index (χ2v) is 5.91. The molecule has 0 aliphatic rings. The smallest absolute Gasteiger partial charge is 0.124 e. The number of halogens is 3. The van der Waals surface area contributed by atoms with Crippen molar-refractivity contribution >= 4 is 15.9 Å². The molecule has 0 radical (unpaired) electrons. The number of nitrogens with two attached hydrogens (primary N) is 1. The Kier molecular flexibility index (Phi) is 4.89. The molecule has 0 bridgehead atoms. The van der Waals surface area contributed by atoms with E-state index in [1.165, 1.54) is 24.3 Å². The van der Waals surface area contributed by atoms with Crippen molar-refractivity contribution in [3.63, 3.8) is 0 Å². The lowest BCUT2D eigenvalue weighted by molar-refractivity contribution is 0.555. The largest absolute Gasteiger partial charge is 0.327 e. The highest BCUT2D eigenvalue weighted by Crippen LogP contribution is 2.27. The van der Waals surface area contributed by atoms with E-state index in [1.807, 2.05) is 13.0 Å². The zero-order chi connectivity index (χ0) is 14.7. The summed E-state index contributed by atoms with van der Waals surface area (Å²) in [7, 11) is 0. The molecule has 0 amide bonds. The van der Waals surface area contributed by atoms with E-state index >= 15 is 0 Å². The molecule has 2 rings (SSSR count). The molecule has 2 aromatic carbocycles. The third-order valence-corrected chi connectivity index (χ3v) is 3.77. The van der Waals surface area contributed by atoms with E-state index in [4.69, 9.17) is 5.73 Å². The number of rotatable bonds is 4. The minimum Gasteiger partial charge on any atom is -0.327 e. The molecule has 2 atom stereocenters. The fourth-order valence-corrected chi connectivity index (χ4v) is 2.75. The van der Waals surface area contributed by atoms with Crippen LogP contribution in [0.2, 0.25) is 0 Å². The molecule has 0 aliphatic heterocycles. The second kappa shape index (κ2) is 6.46. The van der Waals surface area contributed by atoms with E-state index in [0.29, 0.717) is 10.9 Å². The van der Waals surface area contributed by atoms with Crippen LogP contribution in [-0.2, 0) is 6.42 Å². The van der Waals surface area contributed by atoms with Gasteiger partial charge in [-0.3, -0.25) is 0 Å². The second-order valence-electron chi connectivity index (χ2n) is 5.00. The summed E-state index contributed by atoms with van der Waals surface area (Å²) >= 11 is 3.29. The summed E-state index contributed by atoms with van der Waals surface area (Å²) in [5.74, 6) is -0.578.